The molecule has 0 amide bonds. The van der Waals surface area contributed by atoms with Gasteiger partial charge in [-0.05, 0) is 115 Å². The van der Waals surface area contributed by atoms with Gasteiger partial charge < -0.3 is 30.6 Å². The van der Waals surface area contributed by atoms with Crippen molar-refractivity contribution in [1.29, 1.82) is 5.26 Å². The summed E-state index contributed by atoms with van der Waals surface area (Å²) in [4.78, 5) is 40.6. The summed E-state index contributed by atoms with van der Waals surface area (Å²) in [6, 6.07) is 11.1. The predicted molar refractivity (Wildman–Crippen MR) is 208 cm³/mol. The number of ether oxygens (including phenoxy) is 3. The minimum absolute atomic E-state index is 0. The van der Waals surface area contributed by atoms with E-state index < -0.39 is 27.6 Å². The van der Waals surface area contributed by atoms with E-state index in [1.54, 1.807) is 0 Å². The van der Waals surface area contributed by atoms with Crippen LogP contribution < -0.4 is 0 Å². The number of benzene rings is 1. The van der Waals surface area contributed by atoms with Gasteiger partial charge in [0.05, 0.1) is 34.3 Å². The van der Waals surface area contributed by atoms with Crippen LogP contribution >= 0.6 is 9.24 Å². The fourth-order valence-electron chi connectivity index (χ4n) is 6.47. The smallest absolute Gasteiger partial charge is 0.312 e. The molecule has 11 heteroatoms. The first-order valence-electron chi connectivity index (χ1n) is 18.4. The molecule has 7 unspecified atom stereocenters. The van der Waals surface area contributed by atoms with Crippen molar-refractivity contribution in [3.05, 3.63) is 35.4 Å². The molecule has 2 aliphatic rings. The zero-order chi connectivity index (χ0) is 36.6. The van der Waals surface area contributed by atoms with Crippen LogP contribution in [0.25, 0.3) is 0 Å². The van der Waals surface area contributed by atoms with Crippen molar-refractivity contribution >= 4 is 27.1 Å². The number of carbonyl (C=O) groups is 3. The van der Waals surface area contributed by atoms with E-state index >= 15 is 0 Å². The van der Waals surface area contributed by atoms with E-state index in [1.165, 1.54) is 5.56 Å². The molecular formula is C40H72NO9P. The maximum absolute atomic E-state index is 13.5. The minimum atomic E-state index is -0.921. The molecule has 0 aromatic heterocycles. The molecule has 10 nitrogen and oxygen atoms in total. The molecule has 2 bridgehead atoms. The maximum atomic E-state index is 13.5. The van der Waals surface area contributed by atoms with E-state index in [0.29, 0.717) is 38.7 Å². The van der Waals surface area contributed by atoms with E-state index in [-0.39, 0.29) is 59.6 Å². The van der Waals surface area contributed by atoms with Gasteiger partial charge in [-0.25, -0.2) is 0 Å². The Kier molecular flexibility index (Phi) is 25.5. The molecule has 0 fully saturated rings. The zero-order valence-corrected chi connectivity index (χ0v) is 34.5. The lowest BCUT2D eigenvalue weighted by molar-refractivity contribution is -0.168. The molecule has 296 valence electrons. The first kappa shape index (κ1) is 52.8. The van der Waals surface area contributed by atoms with Crippen LogP contribution in [0, 0.1) is 38.9 Å². The fraction of sp³-hybridized carbons (Fsp3) is 0.750. The molecule has 0 spiro atoms. The summed E-state index contributed by atoms with van der Waals surface area (Å²) in [5.41, 5.74) is -0.921. The summed E-state index contributed by atoms with van der Waals surface area (Å²) in [6.07, 6.45) is 7.31. The third-order valence-electron chi connectivity index (χ3n) is 11.0. The summed E-state index contributed by atoms with van der Waals surface area (Å²) in [5, 5.41) is 10.2. The first-order valence-corrected chi connectivity index (χ1v) is 19.1. The Balaban J connectivity index is -0.00000452. The number of nitriles is 1. The van der Waals surface area contributed by atoms with Gasteiger partial charge in [-0.2, -0.15) is 5.26 Å². The highest BCUT2D eigenvalue weighted by Gasteiger charge is 2.46. The molecule has 1 aromatic rings. The van der Waals surface area contributed by atoms with Gasteiger partial charge in [-0.3, -0.25) is 14.4 Å². The first-order chi connectivity index (χ1) is 22.7. The van der Waals surface area contributed by atoms with Crippen LogP contribution in [-0.4, -0.2) is 59.8 Å². The number of hydrogen-bond donors (Lipinski definition) is 0. The molecule has 0 saturated carbocycles. The number of fused-ring (bicyclic) bond motifs is 18. The number of nitrogens with zero attached hydrogens (tertiary/aromatic N) is 1. The Hall–Kier alpha value is -2.57. The standard InChI is InChI=1S/C38H60NO6P.C2H6.3H2O/c1-9-13-22-43-33(41)37(7)21-20-29-16-14-28(15-17-29)18-19-30(36(6,11-3)27-39)25-31(46)38(8,12-4)34(42)45-24-23-44-32(40)35(5,10-2)26-37;1-2;;;/h14-17,30-31H,9-13,18-26,46H2,1-8H3;1-2H3;3*1H2. The number of aryl methyl sites for hydroxylation is 2. The van der Waals surface area contributed by atoms with Crippen molar-refractivity contribution in [2.24, 2.45) is 27.6 Å². The van der Waals surface area contributed by atoms with E-state index in [4.69, 9.17) is 14.2 Å². The van der Waals surface area contributed by atoms with Gasteiger partial charge in [-0.15, -0.1) is 9.24 Å². The second-order valence-electron chi connectivity index (χ2n) is 14.5. The van der Waals surface area contributed by atoms with Crippen LogP contribution in [0.2, 0.25) is 0 Å². The number of esters is 3. The van der Waals surface area contributed by atoms with Crippen LogP contribution in [0.3, 0.4) is 0 Å². The van der Waals surface area contributed by atoms with Crippen molar-refractivity contribution in [1.82, 2.24) is 0 Å². The van der Waals surface area contributed by atoms with Gasteiger partial charge in [0.2, 0.25) is 0 Å². The van der Waals surface area contributed by atoms with Crippen molar-refractivity contribution in [2.75, 3.05) is 19.8 Å². The highest BCUT2D eigenvalue weighted by Crippen LogP contribution is 2.45. The topological polar surface area (TPSA) is 197 Å². The van der Waals surface area contributed by atoms with Crippen LogP contribution in [0.1, 0.15) is 138 Å². The van der Waals surface area contributed by atoms with Gasteiger partial charge in [0.1, 0.15) is 13.2 Å². The number of carbonyl (C=O) groups excluding carboxylic acids is 3. The van der Waals surface area contributed by atoms with Gasteiger partial charge in [-0.1, -0.05) is 72.2 Å². The second kappa shape index (κ2) is 24.6. The van der Waals surface area contributed by atoms with Crippen LogP contribution in [0.5, 0.6) is 0 Å². The van der Waals surface area contributed by atoms with Gasteiger partial charge in [0, 0.05) is 0 Å². The lowest BCUT2D eigenvalue weighted by atomic mass is 9.68. The Bertz CT molecular complexity index is 1210. The molecule has 0 saturated heterocycles. The minimum Gasteiger partial charge on any atom is -0.465 e. The molecule has 3 rings (SSSR count). The van der Waals surface area contributed by atoms with E-state index in [9.17, 15) is 19.6 Å². The number of unbranched alkanes of at least 4 members (excludes halogenated alkanes) is 1. The Labute approximate surface area is 311 Å². The lowest BCUT2D eigenvalue weighted by Gasteiger charge is -2.38. The van der Waals surface area contributed by atoms with Gasteiger partial charge in [0.25, 0.3) is 0 Å². The molecular weight excluding hydrogens is 669 g/mol. The highest BCUT2D eigenvalue weighted by atomic mass is 31.0. The predicted octanol–water partition coefficient (Wildman–Crippen LogP) is 6.97. The summed E-state index contributed by atoms with van der Waals surface area (Å²) >= 11 is 0. The van der Waals surface area contributed by atoms with Crippen molar-refractivity contribution < 1.29 is 45.0 Å². The van der Waals surface area contributed by atoms with Crippen molar-refractivity contribution in [3.8, 4) is 6.07 Å². The number of rotatable bonds is 8. The Morgan fingerprint density at radius 3 is 1.94 bits per heavy atom. The van der Waals surface area contributed by atoms with Crippen molar-refractivity contribution in [3.63, 3.8) is 0 Å². The summed E-state index contributed by atoms with van der Waals surface area (Å²) < 4.78 is 17.2. The van der Waals surface area contributed by atoms with Crippen LogP contribution in [0.15, 0.2) is 24.3 Å². The zero-order valence-electron chi connectivity index (χ0n) is 33.3. The monoisotopic (exact) mass is 741 g/mol. The average molecular weight is 742 g/mol. The summed E-state index contributed by atoms with van der Waals surface area (Å²) in [5.74, 6) is -0.952. The summed E-state index contributed by atoms with van der Waals surface area (Å²) in [7, 11) is 2.87. The fourth-order valence-corrected chi connectivity index (χ4v) is 7.17. The molecule has 51 heavy (non-hydrogen) atoms. The third-order valence-corrected chi connectivity index (χ3v) is 12.1. The van der Waals surface area contributed by atoms with E-state index in [1.807, 2.05) is 55.4 Å². The Morgan fingerprint density at radius 1 is 0.941 bits per heavy atom. The van der Waals surface area contributed by atoms with E-state index in [2.05, 4.69) is 53.4 Å². The van der Waals surface area contributed by atoms with Crippen molar-refractivity contribution in [2.45, 2.75) is 146 Å². The molecule has 2 aliphatic heterocycles. The van der Waals surface area contributed by atoms with E-state index in [0.717, 1.165) is 37.7 Å². The third kappa shape index (κ3) is 14.4. The molecule has 0 aliphatic carbocycles. The average Bonchev–Trinajstić information content (AvgIpc) is 3.10. The lowest BCUT2D eigenvalue weighted by Crippen LogP contribution is -2.42. The number of hydrogen-bond acceptors (Lipinski definition) is 7. The Morgan fingerprint density at radius 2 is 1.47 bits per heavy atom. The molecule has 2 heterocycles. The highest BCUT2D eigenvalue weighted by molar-refractivity contribution is 7.17. The van der Waals surface area contributed by atoms with Crippen LogP contribution in [0.4, 0.5) is 0 Å². The van der Waals surface area contributed by atoms with Gasteiger partial charge in [0.15, 0.2) is 0 Å². The molecule has 1 aromatic carbocycles. The van der Waals surface area contributed by atoms with Crippen LogP contribution in [-0.2, 0) is 41.4 Å². The molecule has 6 N–H and O–H groups in total. The largest absolute Gasteiger partial charge is 0.465 e. The SMILES string of the molecule is CC.CCCCOC(=O)C1(C)CCc2ccc(cc2)CCC(C(C)(C#N)CC)CC(P)C(C)(CC)C(=O)OCCOC(=O)C(C)(CC)C1.O.O.O. The molecule has 0 radical (unpaired) electrons. The summed E-state index contributed by atoms with van der Waals surface area (Å²) in [6.45, 7) is 20.0. The van der Waals surface area contributed by atoms with Gasteiger partial charge >= 0.3 is 17.9 Å². The molecule has 7 atom stereocenters. The normalized spacial score (nSPS) is 27.3. The quantitative estimate of drug-likeness (QED) is 0.119. The second-order valence-corrected chi connectivity index (χ2v) is 15.3. The maximum Gasteiger partial charge on any atom is 0.312 e.